The molecule has 0 aliphatic carbocycles. The van der Waals surface area contributed by atoms with Crippen molar-refractivity contribution in [1.29, 1.82) is 0 Å². The van der Waals surface area contributed by atoms with Gasteiger partial charge in [0.2, 0.25) is 7.37 Å². The fourth-order valence-electron chi connectivity index (χ4n) is 1.01. The summed E-state index contributed by atoms with van der Waals surface area (Å²) in [6.07, 6.45) is 0.929. The first-order chi connectivity index (χ1) is 6.10. The molecule has 2 atom stereocenters. The molecule has 7 heteroatoms. The Morgan fingerprint density at radius 3 is 1.93 bits per heavy atom. The second-order valence-corrected chi connectivity index (χ2v) is 7.82. The van der Waals surface area contributed by atoms with E-state index in [9.17, 15) is 13.0 Å². The summed E-state index contributed by atoms with van der Waals surface area (Å²) in [5.41, 5.74) is 0. The molecule has 5 nitrogen and oxygen atoms in total. The van der Waals surface area contributed by atoms with Crippen molar-refractivity contribution >= 4 is 17.5 Å². The van der Waals surface area contributed by atoms with Gasteiger partial charge in [-0.25, -0.2) is 0 Å². The molecular formula is C7H17O5PS. The van der Waals surface area contributed by atoms with Gasteiger partial charge < -0.3 is 4.52 Å². The third-order valence-electron chi connectivity index (χ3n) is 1.67. The molecule has 0 rings (SSSR count). The third-order valence-corrected chi connectivity index (χ3v) is 4.72. The van der Waals surface area contributed by atoms with Gasteiger partial charge in [-0.1, -0.05) is 13.8 Å². The smallest absolute Gasteiger partial charge is 0.265 e. The molecule has 0 aliphatic rings. The van der Waals surface area contributed by atoms with Crippen LogP contribution >= 0.6 is 7.37 Å². The summed E-state index contributed by atoms with van der Waals surface area (Å²) >= 11 is 0. The van der Waals surface area contributed by atoms with E-state index in [0.717, 1.165) is 6.26 Å². The van der Waals surface area contributed by atoms with Crippen LogP contribution in [0.1, 0.15) is 13.8 Å². The van der Waals surface area contributed by atoms with E-state index in [1.807, 2.05) is 0 Å². The van der Waals surface area contributed by atoms with Crippen molar-refractivity contribution in [2.75, 3.05) is 20.0 Å². The second kappa shape index (κ2) is 4.75. The van der Waals surface area contributed by atoms with Crippen LogP contribution in [-0.4, -0.2) is 34.3 Å². The summed E-state index contributed by atoms with van der Waals surface area (Å²) in [5, 5.41) is 0. The Morgan fingerprint density at radius 2 is 1.71 bits per heavy atom. The van der Waals surface area contributed by atoms with Gasteiger partial charge in [-0.2, -0.15) is 8.42 Å². The van der Waals surface area contributed by atoms with Crippen LogP contribution in [0.25, 0.3) is 0 Å². The van der Waals surface area contributed by atoms with E-state index in [1.165, 1.54) is 13.8 Å². The highest BCUT2D eigenvalue weighted by molar-refractivity contribution is 7.86. The Labute approximate surface area is 85.4 Å². The predicted octanol–water partition coefficient (Wildman–Crippen LogP) is 1.50. The fraction of sp³-hybridized carbons (Fsp3) is 1.00. The van der Waals surface area contributed by atoms with Crippen LogP contribution < -0.4 is 0 Å². The molecule has 0 saturated heterocycles. The molecule has 0 spiro atoms. The first-order valence-corrected chi connectivity index (χ1v) is 8.07. The van der Waals surface area contributed by atoms with Gasteiger partial charge in [-0.3, -0.25) is 8.75 Å². The van der Waals surface area contributed by atoms with Gasteiger partial charge >= 0.3 is 0 Å². The Hall–Kier alpha value is 0.100. The number of hydrogen-bond donors (Lipinski definition) is 0. The number of rotatable bonds is 5. The zero-order valence-electron chi connectivity index (χ0n) is 9.05. The van der Waals surface area contributed by atoms with Crippen molar-refractivity contribution in [2.45, 2.75) is 19.7 Å². The maximum atomic E-state index is 11.8. The van der Waals surface area contributed by atoms with Gasteiger partial charge in [0.1, 0.15) is 0 Å². The molecule has 14 heavy (non-hydrogen) atoms. The summed E-state index contributed by atoms with van der Waals surface area (Å²) in [5.74, 6) is -1.11. The van der Waals surface area contributed by atoms with Crippen LogP contribution in [-0.2, 0) is 23.4 Å². The molecule has 86 valence electrons. The van der Waals surface area contributed by atoms with Gasteiger partial charge in [-0.15, -0.1) is 0 Å². The molecule has 0 radical (unpaired) electrons. The molecule has 0 heterocycles. The zero-order valence-corrected chi connectivity index (χ0v) is 10.8. The normalized spacial score (nSPS) is 19.3. The molecule has 0 aliphatic heterocycles. The molecule has 0 N–H and O–H groups in total. The first kappa shape index (κ1) is 14.1. The Bertz CT molecular complexity index is 321. The van der Waals surface area contributed by atoms with E-state index in [1.54, 1.807) is 13.8 Å². The minimum Gasteiger partial charge on any atom is -0.330 e. The molecule has 2 unspecified atom stereocenters. The third kappa shape index (κ3) is 4.55. The standard InChI is InChI=1S/C7H17O5PS/c1-6(2)7(12-14(5,9)10)13(4,8)11-3/h6-7H,1-5H3. The lowest BCUT2D eigenvalue weighted by molar-refractivity contribution is 0.208. The molecular weight excluding hydrogens is 227 g/mol. The summed E-state index contributed by atoms with van der Waals surface area (Å²) in [7, 11) is -5.37. The highest BCUT2D eigenvalue weighted by atomic mass is 32.2. The van der Waals surface area contributed by atoms with Crippen molar-refractivity contribution in [3.63, 3.8) is 0 Å². The monoisotopic (exact) mass is 244 g/mol. The number of hydrogen-bond acceptors (Lipinski definition) is 5. The summed E-state index contributed by atoms with van der Waals surface area (Å²) in [4.78, 5) is 0. The van der Waals surface area contributed by atoms with Crippen molar-refractivity contribution < 1.29 is 21.7 Å². The average Bonchev–Trinajstić information content (AvgIpc) is 1.98. The van der Waals surface area contributed by atoms with Crippen LogP contribution in [0, 0.1) is 5.92 Å². The molecule has 0 saturated carbocycles. The predicted molar refractivity (Wildman–Crippen MR) is 55.1 cm³/mol. The van der Waals surface area contributed by atoms with Gasteiger partial charge in [0, 0.05) is 13.8 Å². The fourth-order valence-corrected chi connectivity index (χ4v) is 3.98. The molecule has 0 aromatic carbocycles. The Morgan fingerprint density at radius 1 is 1.29 bits per heavy atom. The average molecular weight is 244 g/mol. The van der Waals surface area contributed by atoms with E-state index >= 15 is 0 Å². The van der Waals surface area contributed by atoms with Crippen molar-refractivity contribution in [1.82, 2.24) is 0 Å². The minimum absolute atomic E-state index is 0.194. The largest absolute Gasteiger partial charge is 0.330 e. The lowest BCUT2D eigenvalue weighted by Crippen LogP contribution is -2.23. The molecule has 0 amide bonds. The summed E-state index contributed by atoms with van der Waals surface area (Å²) in [6, 6.07) is 0. The van der Waals surface area contributed by atoms with E-state index in [-0.39, 0.29) is 5.92 Å². The second-order valence-electron chi connectivity index (χ2n) is 3.53. The quantitative estimate of drug-likeness (QED) is 0.541. The van der Waals surface area contributed by atoms with E-state index in [2.05, 4.69) is 0 Å². The van der Waals surface area contributed by atoms with Crippen LogP contribution in [0.3, 0.4) is 0 Å². The topological polar surface area (TPSA) is 69.7 Å². The molecule has 0 aromatic rings. The minimum atomic E-state index is -3.61. The van der Waals surface area contributed by atoms with Crippen LogP contribution in [0.5, 0.6) is 0 Å². The van der Waals surface area contributed by atoms with E-state index < -0.39 is 23.3 Å². The molecule has 0 fully saturated rings. The highest BCUT2D eigenvalue weighted by Crippen LogP contribution is 2.51. The van der Waals surface area contributed by atoms with Gasteiger partial charge in [0.15, 0.2) is 5.85 Å². The lowest BCUT2D eigenvalue weighted by Gasteiger charge is -2.24. The Balaban J connectivity index is 4.90. The SMILES string of the molecule is COP(C)(=O)C(OS(C)(=O)=O)C(C)C. The maximum Gasteiger partial charge on any atom is 0.265 e. The maximum absolute atomic E-state index is 11.8. The van der Waals surface area contributed by atoms with Crippen molar-refractivity contribution in [3.05, 3.63) is 0 Å². The molecule has 0 bridgehead atoms. The van der Waals surface area contributed by atoms with Gasteiger partial charge in [0.25, 0.3) is 10.1 Å². The van der Waals surface area contributed by atoms with E-state index in [4.69, 9.17) is 8.71 Å². The van der Waals surface area contributed by atoms with Crippen LogP contribution in [0.2, 0.25) is 0 Å². The lowest BCUT2D eigenvalue weighted by atomic mass is 10.2. The van der Waals surface area contributed by atoms with E-state index in [0.29, 0.717) is 0 Å². The zero-order chi connectivity index (χ0) is 11.6. The van der Waals surface area contributed by atoms with Crippen molar-refractivity contribution in [2.24, 2.45) is 5.92 Å². The van der Waals surface area contributed by atoms with Crippen LogP contribution in [0.4, 0.5) is 0 Å². The summed E-state index contributed by atoms with van der Waals surface area (Å²) in [6.45, 7) is 4.82. The van der Waals surface area contributed by atoms with Crippen LogP contribution in [0.15, 0.2) is 0 Å². The highest BCUT2D eigenvalue weighted by Gasteiger charge is 2.34. The van der Waals surface area contributed by atoms with Crippen molar-refractivity contribution in [3.8, 4) is 0 Å². The first-order valence-electron chi connectivity index (χ1n) is 4.11. The molecule has 0 aromatic heterocycles. The van der Waals surface area contributed by atoms with Gasteiger partial charge in [0.05, 0.1) is 6.26 Å². The summed E-state index contributed by atoms with van der Waals surface area (Å²) < 4.78 is 43.1. The van der Waals surface area contributed by atoms with Gasteiger partial charge in [-0.05, 0) is 5.92 Å². The Kier molecular flexibility index (Phi) is 4.78.